The van der Waals surface area contributed by atoms with E-state index in [1.54, 1.807) is 0 Å². The number of hydrogen-bond acceptors (Lipinski definition) is 1. The van der Waals surface area contributed by atoms with Gasteiger partial charge in [0.25, 0.3) is 0 Å². The minimum absolute atomic E-state index is 0.0563. The van der Waals surface area contributed by atoms with Gasteiger partial charge in [-0.1, -0.05) is 58.9 Å². The Labute approximate surface area is 133 Å². The van der Waals surface area contributed by atoms with E-state index in [1.807, 2.05) is 0 Å². The van der Waals surface area contributed by atoms with Crippen molar-refractivity contribution in [2.45, 2.75) is 51.9 Å². The fraction of sp³-hybridized carbons (Fsp3) is 0.381. The summed E-state index contributed by atoms with van der Waals surface area (Å²) in [4.78, 5) is 4.95. The molecule has 1 heteroatoms. The second-order valence-corrected chi connectivity index (χ2v) is 7.62. The number of fused-ring (bicyclic) bond motifs is 4. The molecule has 0 unspecified atom stereocenters. The monoisotopic (exact) mass is 289 g/mol. The van der Waals surface area contributed by atoms with Gasteiger partial charge in [0, 0.05) is 16.5 Å². The Morgan fingerprint density at radius 3 is 2.27 bits per heavy atom. The Morgan fingerprint density at radius 2 is 1.55 bits per heavy atom. The van der Waals surface area contributed by atoms with E-state index in [2.05, 4.69) is 71.0 Å². The molecule has 0 N–H and O–H groups in total. The zero-order valence-electron chi connectivity index (χ0n) is 14.1. The molecular weight excluding hydrogens is 266 g/mol. The fourth-order valence-electron chi connectivity index (χ4n) is 4.29. The van der Waals surface area contributed by atoms with Crippen LogP contribution in [0.25, 0.3) is 11.1 Å². The molecule has 2 aliphatic rings. The van der Waals surface area contributed by atoms with Crippen LogP contribution in [0.4, 0.5) is 5.69 Å². The average molecular weight is 289 g/mol. The number of aliphatic imine (C=N–C) groups is 1. The largest absolute Gasteiger partial charge is 0.257 e. The molecule has 112 valence electrons. The Bertz CT molecular complexity index is 822. The molecule has 22 heavy (non-hydrogen) atoms. The summed E-state index contributed by atoms with van der Waals surface area (Å²) < 4.78 is 0. The van der Waals surface area contributed by atoms with Crippen LogP contribution >= 0.6 is 0 Å². The van der Waals surface area contributed by atoms with Gasteiger partial charge in [0.1, 0.15) is 0 Å². The van der Waals surface area contributed by atoms with Crippen molar-refractivity contribution >= 4 is 11.4 Å². The lowest BCUT2D eigenvalue weighted by atomic mass is 9.78. The highest BCUT2D eigenvalue weighted by molar-refractivity contribution is 6.02. The van der Waals surface area contributed by atoms with Crippen molar-refractivity contribution in [3.8, 4) is 11.1 Å². The Morgan fingerprint density at radius 1 is 0.818 bits per heavy atom. The van der Waals surface area contributed by atoms with Crippen molar-refractivity contribution < 1.29 is 0 Å². The smallest absolute Gasteiger partial charge is 0.0674 e. The van der Waals surface area contributed by atoms with Gasteiger partial charge >= 0.3 is 0 Å². The first kappa shape index (κ1) is 13.8. The quantitative estimate of drug-likeness (QED) is 0.632. The van der Waals surface area contributed by atoms with E-state index in [9.17, 15) is 0 Å². The Hall–Kier alpha value is -1.89. The first-order valence-electron chi connectivity index (χ1n) is 8.24. The maximum absolute atomic E-state index is 4.95. The molecule has 1 aliphatic heterocycles. The third-order valence-corrected chi connectivity index (χ3v) is 5.68. The summed E-state index contributed by atoms with van der Waals surface area (Å²) in [6.07, 6.45) is 1.02. The van der Waals surface area contributed by atoms with E-state index in [1.165, 1.54) is 39.2 Å². The fourth-order valence-corrected chi connectivity index (χ4v) is 4.29. The molecular formula is C21H23N. The zero-order valence-corrected chi connectivity index (χ0v) is 14.1. The van der Waals surface area contributed by atoms with Gasteiger partial charge in [-0.3, -0.25) is 4.99 Å². The zero-order chi connectivity index (χ0) is 15.7. The van der Waals surface area contributed by atoms with Gasteiger partial charge in [0.05, 0.1) is 5.69 Å². The summed E-state index contributed by atoms with van der Waals surface area (Å²) >= 11 is 0. The molecule has 2 aromatic carbocycles. The molecule has 0 fully saturated rings. The third kappa shape index (κ3) is 1.52. The van der Waals surface area contributed by atoms with Crippen molar-refractivity contribution in [3.05, 3.63) is 53.1 Å². The normalized spacial score (nSPS) is 19.4. The van der Waals surface area contributed by atoms with Crippen LogP contribution in [0, 0.1) is 0 Å². The van der Waals surface area contributed by atoms with Gasteiger partial charge in [0.15, 0.2) is 0 Å². The third-order valence-electron chi connectivity index (χ3n) is 5.68. The molecule has 1 aliphatic carbocycles. The average Bonchev–Trinajstić information content (AvgIpc) is 2.88. The number of hydrogen-bond donors (Lipinski definition) is 0. The number of benzene rings is 2. The predicted octanol–water partition coefficient (Wildman–Crippen LogP) is 5.77. The van der Waals surface area contributed by atoms with E-state index >= 15 is 0 Å². The van der Waals surface area contributed by atoms with Crippen LogP contribution in [0.1, 0.15) is 57.7 Å². The van der Waals surface area contributed by atoms with E-state index < -0.39 is 0 Å². The van der Waals surface area contributed by atoms with E-state index in [-0.39, 0.29) is 10.8 Å². The van der Waals surface area contributed by atoms with Gasteiger partial charge in [-0.15, -0.1) is 0 Å². The highest BCUT2D eigenvalue weighted by Gasteiger charge is 2.40. The maximum atomic E-state index is 4.95. The number of nitrogens with zero attached hydrogens (tertiary/aromatic N) is 1. The lowest BCUT2D eigenvalue weighted by Crippen LogP contribution is -2.24. The summed E-state index contributed by atoms with van der Waals surface area (Å²) in [5, 5.41) is 0. The van der Waals surface area contributed by atoms with Crippen molar-refractivity contribution in [2.24, 2.45) is 4.99 Å². The van der Waals surface area contributed by atoms with E-state index in [4.69, 9.17) is 4.99 Å². The van der Waals surface area contributed by atoms with Crippen LogP contribution in [-0.2, 0) is 10.8 Å². The van der Waals surface area contributed by atoms with Crippen LogP contribution in [0.15, 0.2) is 41.4 Å². The predicted molar refractivity (Wildman–Crippen MR) is 94.4 cm³/mol. The van der Waals surface area contributed by atoms with Crippen molar-refractivity contribution in [2.75, 3.05) is 0 Å². The lowest BCUT2D eigenvalue weighted by Gasteiger charge is -2.24. The molecule has 2 aromatic rings. The molecule has 0 aromatic heterocycles. The van der Waals surface area contributed by atoms with E-state index in [0.717, 1.165) is 6.42 Å². The van der Waals surface area contributed by atoms with Crippen LogP contribution in [-0.4, -0.2) is 5.71 Å². The topological polar surface area (TPSA) is 12.4 Å². The molecule has 4 rings (SSSR count). The van der Waals surface area contributed by atoms with Gasteiger partial charge in [0.2, 0.25) is 0 Å². The van der Waals surface area contributed by atoms with Crippen LogP contribution < -0.4 is 0 Å². The molecule has 0 amide bonds. The van der Waals surface area contributed by atoms with Gasteiger partial charge in [-0.2, -0.15) is 0 Å². The molecule has 0 bridgehead atoms. The Balaban J connectivity index is 2.02. The highest BCUT2D eigenvalue weighted by Crippen LogP contribution is 2.53. The molecule has 0 saturated heterocycles. The van der Waals surface area contributed by atoms with Crippen LogP contribution in [0.3, 0.4) is 0 Å². The molecule has 1 nitrogen and oxygen atoms in total. The first-order chi connectivity index (χ1) is 10.4. The van der Waals surface area contributed by atoms with Crippen molar-refractivity contribution in [1.29, 1.82) is 0 Å². The minimum Gasteiger partial charge on any atom is -0.257 e. The molecule has 0 spiro atoms. The minimum atomic E-state index is 0.0563. The van der Waals surface area contributed by atoms with E-state index in [0.29, 0.717) is 0 Å². The SMILES string of the molecule is CCC1=Nc2cc3c(cc2C1(C)C)-c1ccccc1C3(C)C. The second-order valence-electron chi connectivity index (χ2n) is 7.62. The van der Waals surface area contributed by atoms with Crippen LogP contribution in [0.2, 0.25) is 0 Å². The summed E-state index contributed by atoms with van der Waals surface area (Å²) in [7, 11) is 0. The second kappa shape index (κ2) is 4.10. The molecule has 1 heterocycles. The summed E-state index contributed by atoms with van der Waals surface area (Å²) in [5.41, 5.74) is 9.65. The molecule has 0 atom stereocenters. The summed E-state index contributed by atoms with van der Waals surface area (Å²) in [5.74, 6) is 0. The lowest BCUT2D eigenvalue weighted by molar-refractivity contribution is 0.659. The van der Waals surface area contributed by atoms with Gasteiger partial charge in [-0.05, 0) is 46.4 Å². The highest BCUT2D eigenvalue weighted by atomic mass is 14.8. The van der Waals surface area contributed by atoms with Crippen LogP contribution in [0.5, 0.6) is 0 Å². The number of rotatable bonds is 1. The van der Waals surface area contributed by atoms with Crippen molar-refractivity contribution in [3.63, 3.8) is 0 Å². The van der Waals surface area contributed by atoms with Gasteiger partial charge in [-0.25, -0.2) is 0 Å². The first-order valence-corrected chi connectivity index (χ1v) is 8.24. The van der Waals surface area contributed by atoms with Crippen molar-refractivity contribution in [1.82, 2.24) is 0 Å². The summed E-state index contributed by atoms with van der Waals surface area (Å²) in [6.45, 7) is 11.5. The standard InChI is InChI=1S/C21H23N/c1-6-19-21(4,5)17-11-14-13-9-7-8-10-15(13)20(2,3)16(14)12-18(17)22-19/h7-12H,6H2,1-5H3. The maximum Gasteiger partial charge on any atom is 0.0674 e. The molecule has 0 saturated carbocycles. The Kier molecular flexibility index (Phi) is 2.56. The summed E-state index contributed by atoms with van der Waals surface area (Å²) in [6, 6.07) is 13.6. The molecule has 0 radical (unpaired) electrons. The van der Waals surface area contributed by atoms with Gasteiger partial charge < -0.3 is 0 Å².